The number of likely N-dealkylation sites (N-methyl/N-ethyl adjacent to an activating group) is 1. The fourth-order valence-corrected chi connectivity index (χ4v) is 4.05. The molecule has 0 aromatic heterocycles. The van der Waals surface area contributed by atoms with Crippen molar-refractivity contribution in [2.75, 3.05) is 45.5 Å². The molecule has 0 N–H and O–H groups in total. The molecule has 3 rings (SSSR count). The summed E-state index contributed by atoms with van der Waals surface area (Å²) in [6.07, 6.45) is 0. The number of fused-ring (bicyclic) bond motifs is 1. The van der Waals surface area contributed by atoms with Crippen molar-refractivity contribution in [3.63, 3.8) is 0 Å². The first-order valence-corrected chi connectivity index (χ1v) is 9.25. The molecule has 7 nitrogen and oxygen atoms in total. The predicted octanol–water partition coefficient (Wildman–Crippen LogP) is 0.275. The van der Waals surface area contributed by atoms with Crippen LogP contribution < -0.4 is 9.47 Å². The van der Waals surface area contributed by atoms with E-state index in [0.717, 1.165) is 5.56 Å². The quantitative estimate of drug-likeness (QED) is 0.786. The van der Waals surface area contributed by atoms with Crippen molar-refractivity contribution in [2.45, 2.75) is 6.04 Å². The molecular weight excluding hydrogens is 320 g/mol. The van der Waals surface area contributed by atoms with Gasteiger partial charge in [0.2, 0.25) is 12.7 Å². The number of carbonyl (C=O) groups excluding carboxylic acids is 1. The molecule has 2 heterocycles. The van der Waals surface area contributed by atoms with Crippen molar-refractivity contribution in [3.05, 3.63) is 23.8 Å². The van der Waals surface area contributed by atoms with Gasteiger partial charge in [-0.05, 0) is 31.8 Å². The van der Waals surface area contributed by atoms with Crippen molar-refractivity contribution < 1.29 is 22.7 Å². The average Bonchev–Trinajstić information content (AvgIpc) is 2.94. The number of sulfone groups is 1. The minimum atomic E-state index is -3.01. The summed E-state index contributed by atoms with van der Waals surface area (Å²) in [6, 6.07) is 4.97. The van der Waals surface area contributed by atoms with E-state index in [1.165, 1.54) is 0 Å². The molecule has 126 valence electrons. The van der Waals surface area contributed by atoms with Gasteiger partial charge in [-0.15, -0.1) is 0 Å². The maximum Gasteiger partial charge on any atom is 0.244 e. The lowest BCUT2D eigenvalue weighted by Gasteiger charge is -2.33. The van der Waals surface area contributed by atoms with Gasteiger partial charge >= 0.3 is 0 Å². The van der Waals surface area contributed by atoms with Crippen molar-refractivity contribution in [1.29, 1.82) is 0 Å². The fourth-order valence-electron chi connectivity index (χ4n) is 2.85. The Morgan fingerprint density at radius 2 is 1.83 bits per heavy atom. The van der Waals surface area contributed by atoms with Crippen molar-refractivity contribution in [2.24, 2.45) is 0 Å². The SMILES string of the molecule is CN(C)[C@H](C(=O)N1CCS(=O)(=O)CC1)c1ccc2c(c1)OCO2. The summed E-state index contributed by atoms with van der Waals surface area (Å²) < 4.78 is 33.8. The van der Waals surface area contributed by atoms with Crippen molar-refractivity contribution in [1.82, 2.24) is 9.80 Å². The van der Waals surface area contributed by atoms with E-state index in [9.17, 15) is 13.2 Å². The Kier molecular flexibility index (Phi) is 4.20. The van der Waals surface area contributed by atoms with Gasteiger partial charge in [0.05, 0.1) is 11.5 Å². The number of amides is 1. The van der Waals surface area contributed by atoms with Crippen LogP contribution in [0.3, 0.4) is 0 Å². The van der Waals surface area contributed by atoms with E-state index in [1.54, 1.807) is 11.0 Å². The maximum absolute atomic E-state index is 12.9. The van der Waals surface area contributed by atoms with Gasteiger partial charge in [-0.25, -0.2) is 8.42 Å². The van der Waals surface area contributed by atoms with Crippen LogP contribution in [0.4, 0.5) is 0 Å². The highest BCUT2D eigenvalue weighted by molar-refractivity contribution is 7.91. The Morgan fingerprint density at radius 1 is 1.17 bits per heavy atom. The van der Waals surface area contributed by atoms with E-state index in [2.05, 4.69) is 0 Å². The number of nitrogens with zero attached hydrogens (tertiary/aromatic N) is 2. The third-order valence-corrected chi connectivity index (χ3v) is 5.73. The van der Waals surface area contributed by atoms with E-state index in [1.807, 2.05) is 31.1 Å². The number of hydrogen-bond acceptors (Lipinski definition) is 6. The molecule has 0 saturated carbocycles. The summed E-state index contributed by atoms with van der Waals surface area (Å²) in [5.41, 5.74) is 0.803. The number of benzene rings is 1. The molecule has 1 atom stereocenters. The van der Waals surface area contributed by atoms with Crippen LogP contribution in [0.15, 0.2) is 18.2 Å². The highest BCUT2D eigenvalue weighted by Crippen LogP contribution is 2.35. The lowest BCUT2D eigenvalue weighted by Crippen LogP contribution is -2.48. The van der Waals surface area contributed by atoms with E-state index < -0.39 is 15.9 Å². The number of hydrogen-bond donors (Lipinski definition) is 0. The van der Waals surface area contributed by atoms with Gasteiger partial charge in [0.15, 0.2) is 21.3 Å². The first-order chi connectivity index (χ1) is 10.9. The lowest BCUT2D eigenvalue weighted by atomic mass is 10.0. The summed E-state index contributed by atoms with van der Waals surface area (Å²) in [6.45, 7) is 0.676. The largest absolute Gasteiger partial charge is 0.454 e. The van der Waals surface area contributed by atoms with Crippen LogP contribution >= 0.6 is 0 Å². The second kappa shape index (κ2) is 6.01. The van der Waals surface area contributed by atoms with E-state index in [-0.39, 0.29) is 37.3 Å². The Morgan fingerprint density at radius 3 is 2.48 bits per heavy atom. The highest BCUT2D eigenvalue weighted by Gasteiger charge is 2.32. The predicted molar refractivity (Wildman–Crippen MR) is 84.2 cm³/mol. The molecule has 0 radical (unpaired) electrons. The monoisotopic (exact) mass is 340 g/mol. The zero-order valence-electron chi connectivity index (χ0n) is 13.2. The first kappa shape index (κ1) is 16.1. The molecule has 1 amide bonds. The molecule has 2 aliphatic rings. The van der Waals surface area contributed by atoms with Crippen LogP contribution in [-0.2, 0) is 14.6 Å². The molecule has 1 aromatic rings. The molecular formula is C15H20N2O5S. The van der Waals surface area contributed by atoms with Crippen LogP contribution in [0.2, 0.25) is 0 Å². The van der Waals surface area contributed by atoms with Crippen LogP contribution in [0, 0.1) is 0 Å². The van der Waals surface area contributed by atoms with Crippen LogP contribution in [0.1, 0.15) is 11.6 Å². The minimum Gasteiger partial charge on any atom is -0.454 e. The molecule has 1 saturated heterocycles. The topological polar surface area (TPSA) is 76.2 Å². The first-order valence-electron chi connectivity index (χ1n) is 7.42. The van der Waals surface area contributed by atoms with Gasteiger partial charge in [-0.2, -0.15) is 0 Å². The third-order valence-electron chi connectivity index (χ3n) is 4.12. The number of carbonyl (C=O) groups is 1. The zero-order valence-corrected chi connectivity index (χ0v) is 14.0. The molecule has 1 aromatic carbocycles. The van der Waals surface area contributed by atoms with Gasteiger partial charge in [0, 0.05) is 13.1 Å². The number of rotatable bonds is 3. The molecule has 0 spiro atoms. The van der Waals surface area contributed by atoms with Crippen molar-refractivity contribution in [3.8, 4) is 11.5 Å². The molecule has 0 bridgehead atoms. The summed E-state index contributed by atoms with van der Waals surface area (Å²) in [7, 11) is 0.643. The Hall–Kier alpha value is -1.80. The smallest absolute Gasteiger partial charge is 0.244 e. The summed E-state index contributed by atoms with van der Waals surface area (Å²) in [5, 5.41) is 0. The zero-order chi connectivity index (χ0) is 16.6. The lowest BCUT2D eigenvalue weighted by molar-refractivity contribution is -0.136. The third kappa shape index (κ3) is 3.28. The van der Waals surface area contributed by atoms with E-state index in [0.29, 0.717) is 11.5 Å². The average molecular weight is 340 g/mol. The van der Waals surface area contributed by atoms with Gasteiger partial charge in [-0.1, -0.05) is 6.07 Å². The normalized spacial score (nSPS) is 20.6. The second-order valence-corrected chi connectivity index (χ2v) is 8.26. The molecule has 2 aliphatic heterocycles. The van der Waals surface area contributed by atoms with E-state index >= 15 is 0 Å². The number of ether oxygens (including phenoxy) is 2. The van der Waals surface area contributed by atoms with Crippen molar-refractivity contribution >= 4 is 15.7 Å². The van der Waals surface area contributed by atoms with Crippen LogP contribution in [0.25, 0.3) is 0 Å². The summed E-state index contributed by atoms with van der Waals surface area (Å²) in [4.78, 5) is 16.3. The van der Waals surface area contributed by atoms with Gasteiger partial charge in [0.1, 0.15) is 6.04 Å². The molecule has 1 fully saturated rings. The maximum atomic E-state index is 12.9. The highest BCUT2D eigenvalue weighted by atomic mass is 32.2. The second-order valence-electron chi connectivity index (χ2n) is 5.96. The molecule has 0 aliphatic carbocycles. The van der Waals surface area contributed by atoms with Gasteiger partial charge < -0.3 is 14.4 Å². The Balaban J connectivity index is 1.83. The Bertz CT molecular complexity index is 703. The van der Waals surface area contributed by atoms with Gasteiger partial charge in [0.25, 0.3) is 0 Å². The summed E-state index contributed by atoms with van der Waals surface area (Å²) >= 11 is 0. The molecule has 8 heteroatoms. The van der Waals surface area contributed by atoms with Crippen LogP contribution in [-0.4, -0.2) is 69.6 Å². The Labute approximate surface area is 135 Å². The molecule has 23 heavy (non-hydrogen) atoms. The molecule has 0 unspecified atom stereocenters. The standard InChI is InChI=1S/C15H20N2O5S/c1-16(2)14(11-3-4-12-13(9-11)22-10-21-12)15(18)17-5-7-23(19,20)8-6-17/h3-4,9,14H,5-8,10H2,1-2H3/t14-/m0/s1. The van der Waals surface area contributed by atoms with Gasteiger partial charge in [-0.3, -0.25) is 9.69 Å². The fraction of sp³-hybridized carbons (Fsp3) is 0.533. The minimum absolute atomic E-state index is 0.0278. The van der Waals surface area contributed by atoms with Crippen LogP contribution in [0.5, 0.6) is 11.5 Å². The summed E-state index contributed by atoms with van der Waals surface area (Å²) in [5.74, 6) is 1.26. The van der Waals surface area contributed by atoms with E-state index in [4.69, 9.17) is 9.47 Å².